The quantitative estimate of drug-likeness (QED) is 0.587. The SMILES string of the molecule is CCOP(OCC(C)C)OCC(C)C. The summed E-state index contributed by atoms with van der Waals surface area (Å²) in [6, 6.07) is 0. The molecule has 0 radical (unpaired) electrons. The van der Waals surface area contributed by atoms with Crippen molar-refractivity contribution in [2.24, 2.45) is 11.8 Å². The van der Waals surface area contributed by atoms with Crippen LogP contribution in [0.4, 0.5) is 0 Å². The minimum atomic E-state index is -1.13. The van der Waals surface area contributed by atoms with E-state index in [1.807, 2.05) is 6.92 Å². The second-order valence-electron chi connectivity index (χ2n) is 4.02. The van der Waals surface area contributed by atoms with Gasteiger partial charge in [-0.05, 0) is 18.8 Å². The topological polar surface area (TPSA) is 27.7 Å². The molecular weight excluding hydrogens is 199 g/mol. The summed E-state index contributed by atoms with van der Waals surface area (Å²) >= 11 is 0. The molecule has 4 heteroatoms. The number of rotatable bonds is 8. The Morgan fingerprint density at radius 1 is 0.857 bits per heavy atom. The lowest BCUT2D eigenvalue weighted by molar-refractivity contribution is 0.142. The zero-order chi connectivity index (χ0) is 11.0. The average Bonchev–Trinajstić information content (AvgIpc) is 2.09. The van der Waals surface area contributed by atoms with Crippen molar-refractivity contribution in [1.82, 2.24) is 0 Å². The van der Waals surface area contributed by atoms with E-state index in [2.05, 4.69) is 27.7 Å². The van der Waals surface area contributed by atoms with Gasteiger partial charge in [-0.25, -0.2) is 0 Å². The van der Waals surface area contributed by atoms with Crippen LogP contribution in [-0.2, 0) is 13.6 Å². The van der Waals surface area contributed by atoms with Gasteiger partial charge >= 0.3 is 8.60 Å². The van der Waals surface area contributed by atoms with Gasteiger partial charge in [0.05, 0.1) is 19.8 Å². The summed E-state index contributed by atoms with van der Waals surface area (Å²) in [6.45, 7) is 12.4. The molecule has 86 valence electrons. The van der Waals surface area contributed by atoms with Gasteiger partial charge in [0.25, 0.3) is 0 Å². The lowest BCUT2D eigenvalue weighted by Crippen LogP contribution is -2.05. The van der Waals surface area contributed by atoms with E-state index in [0.29, 0.717) is 31.7 Å². The molecule has 0 aromatic rings. The Morgan fingerprint density at radius 2 is 1.29 bits per heavy atom. The molecule has 0 saturated carbocycles. The molecule has 0 saturated heterocycles. The summed E-state index contributed by atoms with van der Waals surface area (Å²) < 4.78 is 16.4. The molecule has 0 aliphatic heterocycles. The van der Waals surface area contributed by atoms with E-state index in [1.165, 1.54) is 0 Å². The maximum atomic E-state index is 5.51. The second-order valence-corrected chi connectivity index (χ2v) is 5.24. The van der Waals surface area contributed by atoms with Gasteiger partial charge in [0.2, 0.25) is 0 Å². The molecule has 0 N–H and O–H groups in total. The minimum Gasteiger partial charge on any atom is -0.313 e. The molecule has 0 aliphatic rings. The molecule has 0 heterocycles. The summed E-state index contributed by atoms with van der Waals surface area (Å²) in [5.41, 5.74) is 0. The highest BCUT2D eigenvalue weighted by atomic mass is 31.2. The van der Waals surface area contributed by atoms with E-state index < -0.39 is 8.60 Å². The van der Waals surface area contributed by atoms with Crippen LogP contribution in [0.5, 0.6) is 0 Å². The Labute approximate surface area is 89.1 Å². The fourth-order valence-corrected chi connectivity index (χ4v) is 1.91. The Morgan fingerprint density at radius 3 is 1.57 bits per heavy atom. The zero-order valence-corrected chi connectivity index (χ0v) is 10.8. The van der Waals surface area contributed by atoms with Crippen LogP contribution in [-0.4, -0.2) is 19.8 Å². The highest BCUT2D eigenvalue weighted by Crippen LogP contribution is 2.40. The number of hydrogen-bond donors (Lipinski definition) is 0. The molecule has 0 unspecified atom stereocenters. The first-order chi connectivity index (χ1) is 6.56. The van der Waals surface area contributed by atoms with Crippen molar-refractivity contribution in [1.29, 1.82) is 0 Å². The lowest BCUT2D eigenvalue weighted by atomic mass is 10.2. The average molecular weight is 222 g/mol. The maximum Gasteiger partial charge on any atom is 0.332 e. The fraction of sp³-hybridized carbons (Fsp3) is 1.00. The minimum absolute atomic E-state index is 0.517. The predicted octanol–water partition coefficient (Wildman–Crippen LogP) is 3.60. The maximum absolute atomic E-state index is 5.51. The van der Waals surface area contributed by atoms with Crippen LogP contribution in [0.1, 0.15) is 34.6 Å². The molecule has 0 aromatic heterocycles. The summed E-state index contributed by atoms with van der Waals surface area (Å²) in [6.07, 6.45) is 0. The summed E-state index contributed by atoms with van der Waals surface area (Å²) in [4.78, 5) is 0. The molecule has 0 spiro atoms. The highest BCUT2D eigenvalue weighted by molar-refractivity contribution is 7.41. The first-order valence-electron chi connectivity index (χ1n) is 5.25. The smallest absolute Gasteiger partial charge is 0.313 e. The fourth-order valence-electron chi connectivity index (χ4n) is 0.637. The standard InChI is InChI=1S/C10H23O3P/c1-6-11-14(12-7-9(2)3)13-8-10(4)5/h9-10H,6-8H2,1-5H3. The van der Waals surface area contributed by atoms with Crippen molar-refractivity contribution in [2.45, 2.75) is 34.6 Å². The van der Waals surface area contributed by atoms with Crippen molar-refractivity contribution in [2.75, 3.05) is 19.8 Å². The molecule has 0 rings (SSSR count). The Bertz CT molecular complexity index is 117. The molecule has 0 aromatic carbocycles. The van der Waals surface area contributed by atoms with Gasteiger partial charge in [0.1, 0.15) is 0 Å². The summed E-state index contributed by atoms with van der Waals surface area (Å²) in [7, 11) is -1.13. The van der Waals surface area contributed by atoms with Gasteiger partial charge < -0.3 is 13.6 Å². The van der Waals surface area contributed by atoms with Crippen molar-refractivity contribution in [3.05, 3.63) is 0 Å². The van der Waals surface area contributed by atoms with Crippen LogP contribution in [0.2, 0.25) is 0 Å². The first-order valence-corrected chi connectivity index (χ1v) is 6.34. The third-order valence-electron chi connectivity index (χ3n) is 1.26. The molecule has 0 fully saturated rings. The Hall–Kier alpha value is 0.310. The Kier molecular flexibility index (Phi) is 8.80. The van der Waals surface area contributed by atoms with Crippen molar-refractivity contribution < 1.29 is 13.6 Å². The Balaban J connectivity index is 3.65. The lowest BCUT2D eigenvalue weighted by Gasteiger charge is -2.17. The zero-order valence-electron chi connectivity index (χ0n) is 9.95. The third-order valence-corrected chi connectivity index (χ3v) is 2.45. The van der Waals surface area contributed by atoms with E-state index in [4.69, 9.17) is 13.6 Å². The highest BCUT2D eigenvalue weighted by Gasteiger charge is 2.13. The summed E-state index contributed by atoms with van der Waals surface area (Å²) in [5.74, 6) is 1.03. The van der Waals surface area contributed by atoms with E-state index in [0.717, 1.165) is 0 Å². The normalized spacial score (nSPS) is 12.0. The molecule has 3 nitrogen and oxygen atoms in total. The van der Waals surface area contributed by atoms with E-state index in [1.54, 1.807) is 0 Å². The monoisotopic (exact) mass is 222 g/mol. The molecule has 0 bridgehead atoms. The van der Waals surface area contributed by atoms with Crippen molar-refractivity contribution in [3.63, 3.8) is 0 Å². The van der Waals surface area contributed by atoms with Gasteiger partial charge in [-0.15, -0.1) is 0 Å². The van der Waals surface area contributed by atoms with E-state index in [9.17, 15) is 0 Å². The molecule has 0 amide bonds. The summed E-state index contributed by atoms with van der Waals surface area (Å²) in [5, 5.41) is 0. The molecule has 0 atom stereocenters. The predicted molar refractivity (Wildman–Crippen MR) is 60.1 cm³/mol. The van der Waals surface area contributed by atoms with Gasteiger partial charge in [-0.2, -0.15) is 0 Å². The van der Waals surface area contributed by atoms with Gasteiger partial charge in [-0.3, -0.25) is 0 Å². The van der Waals surface area contributed by atoms with Gasteiger partial charge in [0, 0.05) is 0 Å². The number of hydrogen-bond acceptors (Lipinski definition) is 3. The van der Waals surface area contributed by atoms with Crippen molar-refractivity contribution >= 4 is 8.60 Å². The van der Waals surface area contributed by atoms with E-state index >= 15 is 0 Å². The van der Waals surface area contributed by atoms with Gasteiger partial charge in [-0.1, -0.05) is 27.7 Å². The first kappa shape index (κ1) is 14.3. The van der Waals surface area contributed by atoms with Crippen LogP contribution in [0, 0.1) is 11.8 Å². The van der Waals surface area contributed by atoms with Crippen LogP contribution in [0.25, 0.3) is 0 Å². The second kappa shape index (κ2) is 8.60. The third kappa shape index (κ3) is 8.89. The van der Waals surface area contributed by atoms with Crippen LogP contribution < -0.4 is 0 Å². The van der Waals surface area contributed by atoms with Crippen LogP contribution in [0.3, 0.4) is 0 Å². The van der Waals surface area contributed by atoms with Crippen LogP contribution in [0.15, 0.2) is 0 Å². The molecule has 14 heavy (non-hydrogen) atoms. The largest absolute Gasteiger partial charge is 0.332 e. The van der Waals surface area contributed by atoms with Crippen molar-refractivity contribution in [3.8, 4) is 0 Å². The molecule has 0 aliphatic carbocycles. The molecular formula is C10H23O3P. The van der Waals surface area contributed by atoms with Crippen LogP contribution >= 0.6 is 8.60 Å². The van der Waals surface area contributed by atoms with Gasteiger partial charge in [0.15, 0.2) is 0 Å². The van der Waals surface area contributed by atoms with E-state index in [-0.39, 0.29) is 0 Å².